The molecule has 1 heterocycles. The monoisotopic (exact) mass is 364 g/mol. The highest BCUT2D eigenvalue weighted by atomic mass is 35.5. The van der Waals surface area contributed by atoms with Crippen LogP contribution in [0.3, 0.4) is 0 Å². The Bertz CT molecular complexity index is 927. The van der Waals surface area contributed by atoms with Crippen molar-refractivity contribution in [1.82, 2.24) is 9.97 Å². The number of imidazole rings is 1. The topological polar surface area (TPSA) is 115 Å². The Balaban J connectivity index is 1.84. The molecule has 0 saturated heterocycles. The molecule has 0 aliphatic carbocycles. The van der Waals surface area contributed by atoms with Crippen molar-refractivity contribution < 1.29 is 9.85 Å². The van der Waals surface area contributed by atoms with Gasteiger partial charge in [-0.1, -0.05) is 23.4 Å². The third-order valence-corrected chi connectivity index (χ3v) is 4.36. The molecule has 10 heteroatoms. The van der Waals surface area contributed by atoms with Crippen LogP contribution in [0.1, 0.15) is 5.56 Å². The van der Waals surface area contributed by atoms with Crippen LogP contribution >= 0.6 is 23.4 Å². The van der Waals surface area contributed by atoms with Crippen LogP contribution in [0.2, 0.25) is 5.02 Å². The number of benzene rings is 2. The summed E-state index contributed by atoms with van der Waals surface area (Å²) in [5, 5.41) is 23.0. The summed E-state index contributed by atoms with van der Waals surface area (Å²) in [4.78, 5) is 27.9. The number of H-pyrrole nitrogens is 1. The molecule has 2 aromatic carbocycles. The Labute approximate surface area is 144 Å². The largest absolute Gasteiger partial charge is 0.333 e. The van der Waals surface area contributed by atoms with Gasteiger partial charge in [0.2, 0.25) is 0 Å². The molecule has 122 valence electrons. The van der Waals surface area contributed by atoms with Gasteiger partial charge in [-0.05, 0) is 23.8 Å². The maximum atomic E-state index is 10.9. The number of aromatic nitrogens is 2. The smallest absolute Gasteiger partial charge is 0.276 e. The molecular formula is C14H9ClN4O4S. The van der Waals surface area contributed by atoms with Crippen molar-refractivity contribution in [3.8, 4) is 0 Å². The zero-order chi connectivity index (χ0) is 17.3. The van der Waals surface area contributed by atoms with Gasteiger partial charge in [-0.25, -0.2) is 4.98 Å². The van der Waals surface area contributed by atoms with Gasteiger partial charge in [-0.15, -0.1) is 0 Å². The summed E-state index contributed by atoms with van der Waals surface area (Å²) in [5.74, 6) is 0.302. The number of hydrogen-bond acceptors (Lipinski definition) is 6. The van der Waals surface area contributed by atoms with Crippen LogP contribution in [0.15, 0.2) is 41.6 Å². The maximum Gasteiger partial charge on any atom is 0.276 e. The molecule has 1 aromatic heterocycles. The first-order chi connectivity index (χ1) is 11.4. The molecule has 0 radical (unpaired) electrons. The van der Waals surface area contributed by atoms with Gasteiger partial charge in [0.05, 0.1) is 26.9 Å². The Hall–Kier alpha value is -2.65. The lowest BCUT2D eigenvalue weighted by Gasteiger charge is -2.00. The van der Waals surface area contributed by atoms with Gasteiger partial charge in [0.25, 0.3) is 11.4 Å². The van der Waals surface area contributed by atoms with Gasteiger partial charge >= 0.3 is 0 Å². The first-order valence-corrected chi connectivity index (χ1v) is 7.99. The highest BCUT2D eigenvalue weighted by molar-refractivity contribution is 7.98. The molecule has 0 unspecified atom stereocenters. The summed E-state index contributed by atoms with van der Waals surface area (Å²) in [6.45, 7) is 0. The predicted molar refractivity (Wildman–Crippen MR) is 90.4 cm³/mol. The zero-order valence-electron chi connectivity index (χ0n) is 11.9. The second-order valence-electron chi connectivity index (χ2n) is 4.86. The molecule has 8 nitrogen and oxygen atoms in total. The van der Waals surface area contributed by atoms with Gasteiger partial charge in [0, 0.05) is 22.9 Å². The highest BCUT2D eigenvalue weighted by Gasteiger charge is 2.16. The van der Waals surface area contributed by atoms with Gasteiger partial charge < -0.3 is 4.98 Å². The highest BCUT2D eigenvalue weighted by Crippen LogP contribution is 2.28. The third-order valence-electron chi connectivity index (χ3n) is 3.18. The van der Waals surface area contributed by atoms with E-state index in [0.717, 1.165) is 17.1 Å². The summed E-state index contributed by atoms with van der Waals surface area (Å²) in [7, 11) is 0. The number of hydrogen-bond donors (Lipinski definition) is 1. The van der Waals surface area contributed by atoms with Crippen LogP contribution < -0.4 is 0 Å². The van der Waals surface area contributed by atoms with E-state index in [1.54, 1.807) is 18.2 Å². The summed E-state index contributed by atoms with van der Waals surface area (Å²) >= 11 is 7.20. The molecule has 3 aromatic rings. The van der Waals surface area contributed by atoms with E-state index in [2.05, 4.69) is 9.97 Å². The summed E-state index contributed by atoms with van der Waals surface area (Å²) in [6, 6.07) is 8.82. The summed E-state index contributed by atoms with van der Waals surface area (Å²) < 4.78 is 0. The maximum absolute atomic E-state index is 10.9. The van der Waals surface area contributed by atoms with E-state index in [0.29, 0.717) is 21.5 Å². The van der Waals surface area contributed by atoms with Crippen molar-refractivity contribution >= 4 is 45.8 Å². The van der Waals surface area contributed by atoms with Crippen molar-refractivity contribution in [1.29, 1.82) is 0 Å². The molecular weight excluding hydrogens is 356 g/mol. The number of fused-ring (bicyclic) bond motifs is 1. The lowest BCUT2D eigenvalue weighted by molar-refractivity contribution is -0.394. The average Bonchev–Trinajstić information content (AvgIpc) is 2.94. The molecule has 0 bridgehead atoms. The molecule has 24 heavy (non-hydrogen) atoms. The third kappa shape index (κ3) is 3.47. The first-order valence-electron chi connectivity index (χ1n) is 6.63. The van der Waals surface area contributed by atoms with Gasteiger partial charge in [0.1, 0.15) is 0 Å². The average molecular weight is 365 g/mol. The van der Waals surface area contributed by atoms with Crippen LogP contribution in [0.25, 0.3) is 11.0 Å². The van der Waals surface area contributed by atoms with E-state index in [1.165, 1.54) is 23.9 Å². The van der Waals surface area contributed by atoms with Crippen LogP contribution in [0.5, 0.6) is 0 Å². The molecule has 0 fully saturated rings. The standard InChI is InChI=1S/C14H9ClN4O4S/c15-9-1-2-12-13(5-9)17-14(16-12)24-7-8-3-10(18(20)21)6-11(4-8)19(22)23/h1-6H,7H2,(H,16,17). The van der Waals surface area contributed by atoms with Crippen molar-refractivity contribution in [2.24, 2.45) is 0 Å². The lowest BCUT2D eigenvalue weighted by Crippen LogP contribution is -1.95. The van der Waals surface area contributed by atoms with Gasteiger partial charge in [-0.3, -0.25) is 20.2 Å². The molecule has 0 aliphatic rings. The number of rotatable bonds is 5. The Morgan fingerprint density at radius 2 is 1.75 bits per heavy atom. The number of nitrogens with one attached hydrogen (secondary N) is 1. The number of nitrogens with zero attached hydrogens (tertiary/aromatic N) is 3. The minimum absolute atomic E-state index is 0.302. The minimum atomic E-state index is -0.648. The zero-order valence-corrected chi connectivity index (χ0v) is 13.5. The SMILES string of the molecule is O=[N+]([O-])c1cc(CSc2nc3ccc(Cl)cc3[nH]2)cc([N+](=O)[O-])c1. The van der Waals surface area contributed by atoms with E-state index < -0.39 is 9.85 Å². The summed E-state index contributed by atoms with van der Waals surface area (Å²) in [6.07, 6.45) is 0. The van der Waals surface area contributed by atoms with E-state index in [4.69, 9.17) is 11.6 Å². The second kappa shape index (κ2) is 6.46. The fourth-order valence-electron chi connectivity index (χ4n) is 2.13. The van der Waals surface area contributed by atoms with Crippen molar-refractivity contribution in [3.63, 3.8) is 0 Å². The number of halogens is 1. The number of non-ortho nitro benzene ring substituents is 2. The fourth-order valence-corrected chi connectivity index (χ4v) is 3.12. The molecule has 0 atom stereocenters. The van der Waals surface area contributed by atoms with E-state index in [9.17, 15) is 20.2 Å². The predicted octanol–water partition coefficient (Wildman–Crippen LogP) is 4.33. The number of thioether (sulfide) groups is 1. The Morgan fingerprint density at radius 3 is 2.38 bits per heavy atom. The molecule has 0 aliphatic heterocycles. The number of nitro benzene ring substituents is 2. The molecule has 0 saturated carbocycles. The molecule has 3 rings (SSSR count). The lowest BCUT2D eigenvalue weighted by atomic mass is 10.2. The quantitative estimate of drug-likeness (QED) is 0.409. The van der Waals surface area contributed by atoms with Gasteiger partial charge in [-0.2, -0.15) is 0 Å². The molecule has 0 amide bonds. The van der Waals surface area contributed by atoms with E-state index in [-0.39, 0.29) is 11.4 Å². The first kappa shape index (κ1) is 16.2. The fraction of sp³-hybridized carbons (Fsp3) is 0.0714. The second-order valence-corrected chi connectivity index (χ2v) is 6.26. The minimum Gasteiger partial charge on any atom is -0.333 e. The van der Waals surface area contributed by atoms with E-state index >= 15 is 0 Å². The van der Waals surface area contributed by atoms with Crippen LogP contribution in [0.4, 0.5) is 11.4 Å². The van der Waals surface area contributed by atoms with Crippen LogP contribution in [-0.2, 0) is 5.75 Å². The molecule has 1 N–H and O–H groups in total. The summed E-state index contributed by atoms with van der Waals surface area (Å²) in [5.41, 5.74) is 1.37. The Kier molecular flexibility index (Phi) is 4.36. The van der Waals surface area contributed by atoms with Crippen molar-refractivity contribution in [2.45, 2.75) is 10.9 Å². The van der Waals surface area contributed by atoms with Crippen molar-refractivity contribution in [2.75, 3.05) is 0 Å². The number of nitro groups is 2. The van der Waals surface area contributed by atoms with Crippen LogP contribution in [-0.4, -0.2) is 19.8 Å². The normalized spacial score (nSPS) is 10.9. The molecule has 0 spiro atoms. The Morgan fingerprint density at radius 1 is 1.08 bits per heavy atom. The van der Waals surface area contributed by atoms with E-state index in [1.807, 2.05) is 0 Å². The number of aromatic amines is 1. The van der Waals surface area contributed by atoms with Crippen molar-refractivity contribution in [3.05, 3.63) is 67.2 Å². The van der Waals surface area contributed by atoms with Crippen LogP contribution in [0, 0.1) is 20.2 Å². The van der Waals surface area contributed by atoms with Gasteiger partial charge in [0.15, 0.2) is 5.16 Å².